The average Bonchev–Trinajstić information content (AvgIpc) is 2.72. The second kappa shape index (κ2) is 5.43. The molecule has 1 fully saturated rings. The first kappa shape index (κ1) is 13.6. The molecule has 1 N–H and O–H groups in total. The van der Waals surface area contributed by atoms with Crippen molar-refractivity contribution in [2.24, 2.45) is 5.92 Å². The lowest BCUT2D eigenvalue weighted by Crippen LogP contribution is -2.36. The maximum atomic E-state index is 12.0. The lowest BCUT2D eigenvalue weighted by atomic mass is 10.1. The van der Waals surface area contributed by atoms with Crippen molar-refractivity contribution in [2.45, 2.75) is 33.2 Å². The van der Waals surface area contributed by atoms with Crippen molar-refractivity contribution in [3.05, 3.63) is 29.8 Å². The summed E-state index contributed by atoms with van der Waals surface area (Å²) in [5.74, 6) is -0.248. The van der Waals surface area contributed by atoms with Gasteiger partial charge in [0.2, 0.25) is 11.8 Å². The molecule has 0 aliphatic carbocycles. The van der Waals surface area contributed by atoms with Crippen LogP contribution in [0.4, 0.5) is 5.69 Å². The van der Waals surface area contributed by atoms with E-state index in [9.17, 15) is 9.59 Å². The van der Waals surface area contributed by atoms with Gasteiger partial charge in [-0.3, -0.25) is 9.59 Å². The van der Waals surface area contributed by atoms with Crippen molar-refractivity contribution >= 4 is 17.5 Å². The van der Waals surface area contributed by atoms with Gasteiger partial charge in [0, 0.05) is 24.7 Å². The number of benzene rings is 1. The van der Waals surface area contributed by atoms with E-state index in [0.29, 0.717) is 13.0 Å². The third kappa shape index (κ3) is 3.13. The smallest absolute Gasteiger partial charge is 0.227 e. The van der Waals surface area contributed by atoms with Crippen LogP contribution in [0, 0.1) is 12.8 Å². The van der Waals surface area contributed by atoms with Crippen LogP contribution >= 0.6 is 0 Å². The molecular weight excluding hydrogens is 240 g/mol. The molecule has 1 aliphatic rings. The minimum absolute atomic E-state index is 0.0211. The van der Waals surface area contributed by atoms with Crippen LogP contribution in [0.1, 0.15) is 25.8 Å². The molecule has 4 heteroatoms. The summed E-state index contributed by atoms with van der Waals surface area (Å²) in [7, 11) is 0. The quantitative estimate of drug-likeness (QED) is 0.902. The fourth-order valence-corrected chi connectivity index (χ4v) is 2.26. The Balaban J connectivity index is 2.07. The van der Waals surface area contributed by atoms with E-state index in [1.54, 1.807) is 4.90 Å². The average molecular weight is 260 g/mol. The number of nitrogens with zero attached hydrogens (tertiary/aromatic N) is 1. The minimum atomic E-state index is -0.240. The van der Waals surface area contributed by atoms with Crippen LogP contribution in [0.5, 0.6) is 0 Å². The molecule has 1 saturated heterocycles. The number of amides is 2. The summed E-state index contributed by atoms with van der Waals surface area (Å²) in [6, 6.07) is 7.91. The third-order valence-electron chi connectivity index (χ3n) is 3.27. The van der Waals surface area contributed by atoms with E-state index in [1.165, 1.54) is 0 Å². The van der Waals surface area contributed by atoms with E-state index in [0.717, 1.165) is 11.3 Å². The fraction of sp³-hybridized carbons (Fsp3) is 0.467. The molecule has 0 spiro atoms. The Hall–Kier alpha value is -1.84. The van der Waals surface area contributed by atoms with Gasteiger partial charge in [-0.1, -0.05) is 17.7 Å². The molecule has 2 amide bonds. The van der Waals surface area contributed by atoms with Crippen LogP contribution in [-0.4, -0.2) is 24.4 Å². The third-order valence-corrected chi connectivity index (χ3v) is 3.27. The van der Waals surface area contributed by atoms with Crippen LogP contribution in [0.25, 0.3) is 0 Å². The van der Waals surface area contributed by atoms with Gasteiger partial charge in [-0.2, -0.15) is 0 Å². The topological polar surface area (TPSA) is 49.4 Å². The molecule has 0 bridgehead atoms. The van der Waals surface area contributed by atoms with Crippen molar-refractivity contribution < 1.29 is 9.59 Å². The Morgan fingerprint density at radius 3 is 2.53 bits per heavy atom. The zero-order valence-electron chi connectivity index (χ0n) is 11.6. The van der Waals surface area contributed by atoms with Gasteiger partial charge in [0.05, 0.1) is 5.92 Å². The van der Waals surface area contributed by atoms with Crippen LogP contribution in [0.3, 0.4) is 0 Å². The molecule has 1 atom stereocenters. The van der Waals surface area contributed by atoms with Gasteiger partial charge < -0.3 is 10.2 Å². The highest BCUT2D eigenvalue weighted by Gasteiger charge is 2.35. The zero-order valence-corrected chi connectivity index (χ0v) is 11.6. The van der Waals surface area contributed by atoms with E-state index in [-0.39, 0.29) is 23.8 Å². The standard InChI is InChI=1S/C15H20N2O2/c1-10(2)16-15(19)12-8-14(18)17(9-12)13-6-4-11(3)5-7-13/h4-7,10,12H,8-9H2,1-3H3,(H,16,19)/t12-/m0/s1. The van der Waals surface area contributed by atoms with E-state index < -0.39 is 0 Å². The Morgan fingerprint density at radius 2 is 1.95 bits per heavy atom. The predicted octanol–water partition coefficient (Wildman–Crippen LogP) is 1.87. The summed E-state index contributed by atoms with van der Waals surface area (Å²) in [4.78, 5) is 25.6. The van der Waals surface area contributed by atoms with E-state index >= 15 is 0 Å². The molecule has 102 valence electrons. The van der Waals surface area contributed by atoms with E-state index in [1.807, 2.05) is 45.0 Å². The summed E-state index contributed by atoms with van der Waals surface area (Å²) in [6.07, 6.45) is 0.298. The lowest BCUT2D eigenvalue weighted by molar-refractivity contribution is -0.126. The van der Waals surface area contributed by atoms with Crippen LogP contribution in [0.2, 0.25) is 0 Å². The predicted molar refractivity (Wildman–Crippen MR) is 74.9 cm³/mol. The highest BCUT2D eigenvalue weighted by atomic mass is 16.2. The first-order chi connectivity index (χ1) is 8.97. The number of rotatable bonds is 3. The molecule has 1 heterocycles. The van der Waals surface area contributed by atoms with Gasteiger partial charge >= 0.3 is 0 Å². The summed E-state index contributed by atoms with van der Waals surface area (Å²) < 4.78 is 0. The van der Waals surface area contributed by atoms with Gasteiger partial charge in [0.15, 0.2) is 0 Å². The second-order valence-corrected chi connectivity index (χ2v) is 5.40. The maximum absolute atomic E-state index is 12.0. The molecule has 0 aromatic heterocycles. The second-order valence-electron chi connectivity index (χ2n) is 5.40. The van der Waals surface area contributed by atoms with Crippen LogP contribution in [-0.2, 0) is 9.59 Å². The van der Waals surface area contributed by atoms with Crippen LogP contribution in [0.15, 0.2) is 24.3 Å². The van der Waals surface area contributed by atoms with Crippen molar-refractivity contribution in [1.29, 1.82) is 0 Å². The number of anilines is 1. The van der Waals surface area contributed by atoms with Crippen molar-refractivity contribution in [1.82, 2.24) is 5.32 Å². The number of hydrogen-bond acceptors (Lipinski definition) is 2. The minimum Gasteiger partial charge on any atom is -0.354 e. The lowest BCUT2D eigenvalue weighted by Gasteiger charge is -2.17. The first-order valence-corrected chi connectivity index (χ1v) is 6.65. The Morgan fingerprint density at radius 1 is 1.32 bits per heavy atom. The van der Waals surface area contributed by atoms with Gasteiger partial charge in [-0.25, -0.2) is 0 Å². The summed E-state index contributed by atoms with van der Waals surface area (Å²) >= 11 is 0. The highest BCUT2D eigenvalue weighted by Crippen LogP contribution is 2.25. The number of carbonyl (C=O) groups is 2. The first-order valence-electron chi connectivity index (χ1n) is 6.65. The maximum Gasteiger partial charge on any atom is 0.227 e. The fourth-order valence-electron chi connectivity index (χ4n) is 2.26. The number of aryl methyl sites for hydroxylation is 1. The summed E-state index contributed by atoms with van der Waals surface area (Å²) in [6.45, 7) is 6.33. The van der Waals surface area contributed by atoms with Crippen LogP contribution < -0.4 is 10.2 Å². The molecule has 2 rings (SSSR count). The van der Waals surface area contributed by atoms with Gasteiger partial charge in [-0.15, -0.1) is 0 Å². The molecule has 1 aromatic carbocycles. The largest absolute Gasteiger partial charge is 0.354 e. The summed E-state index contributed by atoms with van der Waals surface area (Å²) in [5.41, 5.74) is 2.03. The van der Waals surface area contributed by atoms with E-state index in [4.69, 9.17) is 0 Å². The molecule has 0 saturated carbocycles. The van der Waals surface area contributed by atoms with Gasteiger partial charge in [-0.05, 0) is 32.9 Å². The molecule has 0 radical (unpaired) electrons. The summed E-state index contributed by atoms with van der Waals surface area (Å²) in [5, 5.41) is 2.87. The van der Waals surface area contributed by atoms with Crippen molar-refractivity contribution in [2.75, 3.05) is 11.4 Å². The van der Waals surface area contributed by atoms with Gasteiger partial charge in [0.1, 0.15) is 0 Å². The Kier molecular flexibility index (Phi) is 3.88. The molecule has 0 unspecified atom stereocenters. The zero-order chi connectivity index (χ0) is 14.0. The van der Waals surface area contributed by atoms with Gasteiger partial charge in [0.25, 0.3) is 0 Å². The Bertz CT molecular complexity index is 479. The molecular formula is C15H20N2O2. The SMILES string of the molecule is Cc1ccc(N2C[C@@H](C(=O)NC(C)C)CC2=O)cc1. The van der Waals surface area contributed by atoms with Crippen molar-refractivity contribution in [3.63, 3.8) is 0 Å². The normalized spacial score (nSPS) is 19.1. The molecule has 19 heavy (non-hydrogen) atoms. The molecule has 1 aliphatic heterocycles. The molecule has 1 aromatic rings. The molecule has 4 nitrogen and oxygen atoms in total. The van der Waals surface area contributed by atoms with Crippen molar-refractivity contribution in [3.8, 4) is 0 Å². The highest BCUT2D eigenvalue weighted by molar-refractivity contribution is 6.00. The monoisotopic (exact) mass is 260 g/mol. The number of carbonyl (C=O) groups excluding carboxylic acids is 2. The number of hydrogen-bond donors (Lipinski definition) is 1. The number of nitrogens with one attached hydrogen (secondary N) is 1. The Labute approximate surface area is 113 Å². The van der Waals surface area contributed by atoms with E-state index in [2.05, 4.69) is 5.32 Å².